The molecule has 0 atom stereocenters. The number of nitrogens with one attached hydrogen (secondary N) is 2. The molecule has 0 bridgehead atoms. The van der Waals surface area contributed by atoms with Gasteiger partial charge in [0.1, 0.15) is 0 Å². The molecule has 1 heterocycles. The van der Waals surface area contributed by atoms with Crippen LogP contribution in [0, 0.1) is 0 Å². The zero-order chi connectivity index (χ0) is 14.7. The van der Waals surface area contributed by atoms with E-state index in [9.17, 15) is 0 Å². The molecule has 3 aromatic rings. The van der Waals surface area contributed by atoms with Crippen LogP contribution in [0.1, 0.15) is 5.56 Å². The summed E-state index contributed by atoms with van der Waals surface area (Å²) in [6.07, 6.45) is 0. The zero-order valence-corrected chi connectivity index (χ0v) is 13.2. The number of anilines is 1. The van der Waals surface area contributed by atoms with Crippen molar-refractivity contribution in [2.24, 2.45) is 0 Å². The van der Waals surface area contributed by atoms with Gasteiger partial charge in [0.15, 0.2) is 0 Å². The fourth-order valence-electron chi connectivity index (χ4n) is 1.91. The second kappa shape index (κ2) is 6.24. The quantitative estimate of drug-likeness (QED) is 0.737. The van der Waals surface area contributed by atoms with Crippen LogP contribution in [0.15, 0.2) is 46.9 Å². The van der Waals surface area contributed by atoms with Gasteiger partial charge in [-0.3, -0.25) is 0 Å². The number of halogens is 2. The van der Waals surface area contributed by atoms with E-state index in [1.807, 2.05) is 42.5 Å². The van der Waals surface area contributed by atoms with Gasteiger partial charge in [-0.05, 0) is 51.0 Å². The van der Waals surface area contributed by atoms with E-state index >= 15 is 0 Å². The molecular formula is C14H11BrClN5. The highest BCUT2D eigenvalue weighted by molar-refractivity contribution is 9.10. The molecule has 5 nitrogen and oxygen atoms in total. The summed E-state index contributed by atoms with van der Waals surface area (Å²) in [4.78, 5) is 0. The van der Waals surface area contributed by atoms with Crippen LogP contribution in [0.25, 0.3) is 11.4 Å². The Morgan fingerprint density at radius 2 is 2.10 bits per heavy atom. The predicted octanol–water partition coefficient (Wildman–Crippen LogP) is 3.89. The van der Waals surface area contributed by atoms with Crippen LogP contribution in [0.4, 0.5) is 5.69 Å². The summed E-state index contributed by atoms with van der Waals surface area (Å²) in [6.45, 7) is 0.700. The van der Waals surface area contributed by atoms with Crippen LogP contribution in [0.5, 0.6) is 0 Å². The zero-order valence-electron chi connectivity index (χ0n) is 10.8. The summed E-state index contributed by atoms with van der Waals surface area (Å²) in [6, 6.07) is 13.7. The van der Waals surface area contributed by atoms with Gasteiger partial charge in [-0.1, -0.05) is 29.8 Å². The molecule has 0 aliphatic rings. The minimum absolute atomic E-state index is 0.577. The summed E-state index contributed by atoms with van der Waals surface area (Å²) in [5.74, 6) is 0.577. The standard InChI is InChI=1S/C14H11BrClN5/c15-12-6-9(4-5-13(12)16)8-17-11-3-1-2-10(7-11)14-18-20-21-19-14/h1-7,17H,8H2,(H,18,19,20,21). The first kappa shape index (κ1) is 14.0. The Balaban J connectivity index is 1.73. The van der Waals surface area contributed by atoms with E-state index in [1.54, 1.807) is 0 Å². The van der Waals surface area contributed by atoms with Crippen LogP contribution in [-0.4, -0.2) is 20.6 Å². The molecule has 0 spiro atoms. The van der Waals surface area contributed by atoms with Crippen molar-refractivity contribution in [2.45, 2.75) is 6.54 Å². The first-order valence-electron chi connectivity index (χ1n) is 6.24. The fourth-order valence-corrected chi connectivity index (χ4v) is 2.45. The molecule has 2 aromatic carbocycles. The monoisotopic (exact) mass is 363 g/mol. The van der Waals surface area contributed by atoms with Gasteiger partial charge in [0, 0.05) is 22.3 Å². The van der Waals surface area contributed by atoms with Crippen LogP contribution < -0.4 is 5.32 Å². The van der Waals surface area contributed by atoms with Crippen molar-refractivity contribution in [2.75, 3.05) is 5.32 Å². The van der Waals surface area contributed by atoms with E-state index in [0.29, 0.717) is 17.4 Å². The smallest absolute Gasteiger partial charge is 0.204 e. The SMILES string of the molecule is Clc1ccc(CNc2cccc(-c3nn[nH]n3)c2)cc1Br. The second-order valence-corrected chi connectivity index (χ2v) is 5.68. The minimum Gasteiger partial charge on any atom is -0.381 e. The molecule has 0 aliphatic heterocycles. The van der Waals surface area contributed by atoms with Crippen LogP contribution >= 0.6 is 27.5 Å². The van der Waals surface area contributed by atoms with Gasteiger partial charge in [-0.25, -0.2) is 0 Å². The van der Waals surface area contributed by atoms with Crippen molar-refractivity contribution in [3.63, 3.8) is 0 Å². The number of tetrazole rings is 1. The summed E-state index contributed by atoms with van der Waals surface area (Å²) in [7, 11) is 0. The Morgan fingerprint density at radius 1 is 1.19 bits per heavy atom. The largest absolute Gasteiger partial charge is 0.381 e. The molecule has 0 saturated heterocycles. The molecule has 21 heavy (non-hydrogen) atoms. The third-order valence-corrected chi connectivity index (χ3v) is 4.16. The number of hydrogen-bond donors (Lipinski definition) is 2. The van der Waals surface area contributed by atoms with E-state index < -0.39 is 0 Å². The average molecular weight is 365 g/mol. The van der Waals surface area contributed by atoms with Gasteiger partial charge >= 0.3 is 0 Å². The molecule has 1 aromatic heterocycles. The van der Waals surface area contributed by atoms with Crippen molar-refractivity contribution in [1.29, 1.82) is 0 Å². The number of aromatic amines is 1. The van der Waals surface area contributed by atoms with E-state index in [4.69, 9.17) is 11.6 Å². The highest BCUT2D eigenvalue weighted by Gasteiger charge is 2.04. The molecule has 0 fully saturated rings. The lowest BCUT2D eigenvalue weighted by Gasteiger charge is -2.08. The second-order valence-electron chi connectivity index (χ2n) is 4.42. The Bertz CT molecular complexity index is 745. The lowest BCUT2D eigenvalue weighted by Crippen LogP contribution is -1.99. The van der Waals surface area contributed by atoms with E-state index in [-0.39, 0.29) is 0 Å². The Hall–Kier alpha value is -1.92. The highest BCUT2D eigenvalue weighted by atomic mass is 79.9. The van der Waals surface area contributed by atoms with Gasteiger partial charge < -0.3 is 5.32 Å². The average Bonchev–Trinajstić information content (AvgIpc) is 3.03. The first-order chi connectivity index (χ1) is 10.2. The number of nitrogens with zero attached hydrogens (tertiary/aromatic N) is 3. The Kier molecular flexibility index (Phi) is 4.17. The van der Waals surface area contributed by atoms with Crippen molar-refractivity contribution in [3.05, 3.63) is 57.5 Å². The predicted molar refractivity (Wildman–Crippen MR) is 86.1 cm³/mol. The number of H-pyrrole nitrogens is 1. The molecule has 0 unspecified atom stereocenters. The minimum atomic E-state index is 0.577. The lowest BCUT2D eigenvalue weighted by atomic mass is 10.1. The van der Waals surface area contributed by atoms with E-state index in [0.717, 1.165) is 21.3 Å². The Labute approximate surface area is 134 Å². The van der Waals surface area contributed by atoms with Gasteiger partial charge in [-0.15, -0.1) is 10.2 Å². The Morgan fingerprint density at radius 3 is 2.86 bits per heavy atom. The number of rotatable bonds is 4. The number of aromatic nitrogens is 4. The van der Waals surface area contributed by atoms with Crippen LogP contribution in [0.3, 0.4) is 0 Å². The first-order valence-corrected chi connectivity index (χ1v) is 7.41. The molecular weight excluding hydrogens is 354 g/mol. The van der Waals surface area contributed by atoms with E-state index in [2.05, 4.69) is 41.9 Å². The van der Waals surface area contributed by atoms with Crippen molar-refractivity contribution >= 4 is 33.2 Å². The third kappa shape index (κ3) is 3.40. The van der Waals surface area contributed by atoms with Crippen molar-refractivity contribution < 1.29 is 0 Å². The van der Waals surface area contributed by atoms with E-state index in [1.165, 1.54) is 0 Å². The summed E-state index contributed by atoms with van der Waals surface area (Å²) < 4.78 is 0.893. The van der Waals surface area contributed by atoms with Gasteiger partial charge in [0.2, 0.25) is 5.82 Å². The summed E-state index contributed by atoms with van der Waals surface area (Å²) in [5.41, 5.74) is 3.03. The normalized spacial score (nSPS) is 10.6. The number of benzene rings is 2. The third-order valence-electron chi connectivity index (χ3n) is 2.95. The van der Waals surface area contributed by atoms with Gasteiger partial charge in [0.05, 0.1) is 5.02 Å². The molecule has 0 saturated carbocycles. The topological polar surface area (TPSA) is 66.5 Å². The summed E-state index contributed by atoms with van der Waals surface area (Å²) in [5, 5.41) is 18.0. The fraction of sp³-hybridized carbons (Fsp3) is 0.0714. The van der Waals surface area contributed by atoms with Crippen molar-refractivity contribution in [1.82, 2.24) is 20.6 Å². The molecule has 106 valence electrons. The lowest BCUT2D eigenvalue weighted by molar-refractivity contribution is 0.881. The maximum Gasteiger partial charge on any atom is 0.204 e. The molecule has 0 amide bonds. The molecule has 2 N–H and O–H groups in total. The maximum atomic E-state index is 5.99. The maximum absolute atomic E-state index is 5.99. The molecule has 0 aliphatic carbocycles. The van der Waals surface area contributed by atoms with Gasteiger partial charge in [0.25, 0.3) is 0 Å². The number of hydrogen-bond acceptors (Lipinski definition) is 4. The van der Waals surface area contributed by atoms with Gasteiger partial charge in [-0.2, -0.15) is 5.21 Å². The van der Waals surface area contributed by atoms with Crippen LogP contribution in [0.2, 0.25) is 5.02 Å². The van der Waals surface area contributed by atoms with Crippen LogP contribution in [-0.2, 0) is 6.54 Å². The van der Waals surface area contributed by atoms with Crippen molar-refractivity contribution in [3.8, 4) is 11.4 Å². The molecule has 0 radical (unpaired) electrons. The highest BCUT2D eigenvalue weighted by Crippen LogP contribution is 2.24. The summed E-state index contributed by atoms with van der Waals surface area (Å²) >= 11 is 9.41. The molecule has 7 heteroatoms. The molecule has 3 rings (SSSR count).